The molecule has 0 aliphatic carbocycles. The second-order valence-electron chi connectivity index (χ2n) is 1.67. The molecule has 0 radical (unpaired) electrons. The van der Waals surface area contributed by atoms with E-state index in [4.69, 9.17) is 5.21 Å². The Balaban J connectivity index is 2.90. The zero-order valence-corrected chi connectivity index (χ0v) is 5.28. The van der Waals surface area contributed by atoms with Gasteiger partial charge in [0.05, 0.1) is 0 Å². The van der Waals surface area contributed by atoms with Gasteiger partial charge in [-0.3, -0.25) is 4.57 Å². The number of hydrogen-bond acceptors (Lipinski definition) is 5. The van der Waals surface area contributed by atoms with Crippen LogP contribution in [0.4, 0.5) is 5.82 Å². The Morgan fingerprint density at radius 3 is 3.09 bits per heavy atom. The molecule has 1 heterocycles. The minimum absolute atomic E-state index is 0.287. The minimum atomic E-state index is -0.637. The molecule has 0 aromatic carbocycles. The van der Waals surface area contributed by atoms with Gasteiger partial charge in [0.1, 0.15) is 12.5 Å². The number of nitro groups is 1. The molecule has 7 heteroatoms. The van der Waals surface area contributed by atoms with Gasteiger partial charge in [0.2, 0.25) is 6.33 Å². The van der Waals surface area contributed by atoms with E-state index in [0.717, 1.165) is 23.4 Å². The molecule has 1 aromatic heterocycles. The van der Waals surface area contributed by atoms with Gasteiger partial charge in [0, 0.05) is 0 Å². The standard InChI is InChI=1S/C4H4N4O3/c9-6-3-7-1-4(5-2-7)8(10)11/h1-3,9H/b6-3+. The summed E-state index contributed by atoms with van der Waals surface area (Å²) in [6, 6.07) is 0. The van der Waals surface area contributed by atoms with Crippen LogP contribution in [0.5, 0.6) is 0 Å². The number of aromatic nitrogens is 2. The van der Waals surface area contributed by atoms with Crippen molar-refractivity contribution in [2.75, 3.05) is 0 Å². The fraction of sp³-hybridized carbons (Fsp3) is 0. The van der Waals surface area contributed by atoms with Crippen LogP contribution in [0.1, 0.15) is 0 Å². The molecule has 0 saturated carbocycles. The third kappa shape index (κ3) is 1.51. The average Bonchev–Trinajstić information content (AvgIpc) is 2.37. The monoisotopic (exact) mass is 156 g/mol. The molecule has 0 amide bonds. The van der Waals surface area contributed by atoms with Gasteiger partial charge in [0.15, 0.2) is 0 Å². The van der Waals surface area contributed by atoms with Crippen LogP contribution in [0.3, 0.4) is 0 Å². The van der Waals surface area contributed by atoms with Gasteiger partial charge in [-0.1, -0.05) is 5.16 Å². The number of rotatable bonds is 2. The molecule has 0 aliphatic rings. The van der Waals surface area contributed by atoms with Crippen molar-refractivity contribution in [3.63, 3.8) is 0 Å². The molecule has 0 bridgehead atoms. The van der Waals surface area contributed by atoms with Crippen molar-refractivity contribution in [2.45, 2.75) is 0 Å². The molecule has 11 heavy (non-hydrogen) atoms. The smallest absolute Gasteiger partial charge is 0.381 e. The van der Waals surface area contributed by atoms with Gasteiger partial charge in [-0.25, -0.2) is 0 Å². The Morgan fingerprint density at radius 1 is 1.91 bits per heavy atom. The number of nitrogens with zero attached hydrogens (tertiary/aromatic N) is 4. The van der Waals surface area contributed by atoms with E-state index in [-0.39, 0.29) is 5.82 Å². The number of imidazole rings is 1. The molecule has 1 N–H and O–H groups in total. The molecule has 0 atom stereocenters. The van der Waals surface area contributed by atoms with Gasteiger partial charge in [0.25, 0.3) is 0 Å². The second-order valence-corrected chi connectivity index (χ2v) is 1.67. The first kappa shape index (κ1) is 7.19. The predicted octanol–water partition coefficient (Wildman–Crippen LogP) is 0.0569. The fourth-order valence-electron chi connectivity index (χ4n) is 0.543. The summed E-state index contributed by atoms with van der Waals surface area (Å²) in [5, 5.41) is 20.7. The predicted molar refractivity (Wildman–Crippen MR) is 34.6 cm³/mol. The summed E-state index contributed by atoms with van der Waals surface area (Å²) in [5.74, 6) is -0.287. The van der Waals surface area contributed by atoms with E-state index in [9.17, 15) is 10.1 Å². The molecule has 1 aromatic rings. The second kappa shape index (κ2) is 2.78. The molecular formula is C4H4N4O3. The first-order valence-electron chi connectivity index (χ1n) is 2.59. The fourth-order valence-corrected chi connectivity index (χ4v) is 0.543. The largest absolute Gasteiger partial charge is 0.410 e. The lowest BCUT2D eigenvalue weighted by Crippen LogP contribution is -1.90. The van der Waals surface area contributed by atoms with E-state index in [0.29, 0.717) is 0 Å². The van der Waals surface area contributed by atoms with Gasteiger partial charge in [-0.15, -0.1) is 0 Å². The highest BCUT2D eigenvalue weighted by molar-refractivity contribution is 5.57. The van der Waals surface area contributed by atoms with Gasteiger partial charge in [-0.05, 0) is 9.91 Å². The maximum absolute atomic E-state index is 10.0. The lowest BCUT2D eigenvalue weighted by Gasteiger charge is -1.83. The summed E-state index contributed by atoms with van der Waals surface area (Å²) in [5.41, 5.74) is 0. The van der Waals surface area contributed by atoms with E-state index in [2.05, 4.69) is 10.1 Å². The van der Waals surface area contributed by atoms with Crippen LogP contribution in [0.2, 0.25) is 0 Å². The molecule has 7 nitrogen and oxygen atoms in total. The van der Waals surface area contributed by atoms with Gasteiger partial charge in [-0.2, -0.15) is 0 Å². The van der Waals surface area contributed by atoms with Crippen molar-refractivity contribution in [3.05, 3.63) is 22.6 Å². The summed E-state index contributed by atoms with van der Waals surface area (Å²) in [7, 11) is 0. The summed E-state index contributed by atoms with van der Waals surface area (Å²) in [4.78, 5) is 12.8. The highest BCUT2D eigenvalue weighted by Crippen LogP contribution is 2.03. The summed E-state index contributed by atoms with van der Waals surface area (Å²) >= 11 is 0. The maximum Gasteiger partial charge on any atom is 0.381 e. The molecule has 0 unspecified atom stereocenters. The van der Waals surface area contributed by atoms with Crippen molar-refractivity contribution in [1.82, 2.24) is 9.55 Å². The van der Waals surface area contributed by atoms with Crippen LogP contribution in [-0.4, -0.2) is 26.0 Å². The van der Waals surface area contributed by atoms with Crippen LogP contribution < -0.4 is 0 Å². The molecule has 58 valence electrons. The van der Waals surface area contributed by atoms with E-state index in [1.807, 2.05) is 0 Å². The molecule has 0 aliphatic heterocycles. The quantitative estimate of drug-likeness (QED) is 0.215. The van der Waals surface area contributed by atoms with E-state index in [1.54, 1.807) is 0 Å². The van der Waals surface area contributed by atoms with E-state index >= 15 is 0 Å². The van der Waals surface area contributed by atoms with Crippen molar-refractivity contribution >= 4 is 12.2 Å². The Hall–Kier alpha value is -1.92. The maximum atomic E-state index is 10.0. The minimum Gasteiger partial charge on any atom is -0.410 e. The number of oxime groups is 1. The van der Waals surface area contributed by atoms with Crippen LogP contribution >= 0.6 is 0 Å². The molecular weight excluding hydrogens is 152 g/mol. The zero-order chi connectivity index (χ0) is 8.27. The van der Waals surface area contributed by atoms with E-state index < -0.39 is 4.92 Å². The SMILES string of the molecule is O=[N+]([O-])c1cn(/C=N/O)cn1. The molecule has 0 saturated heterocycles. The number of hydrogen-bond donors (Lipinski definition) is 1. The highest BCUT2D eigenvalue weighted by Gasteiger charge is 2.07. The Labute approximate surface area is 60.7 Å². The Bertz CT molecular complexity index is 291. The van der Waals surface area contributed by atoms with Crippen LogP contribution in [0.15, 0.2) is 17.7 Å². The summed E-state index contributed by atoms with van der Waals surface area (Å²) in [6.45, 7) is 0. The first-order chi connectivity index (χ1) is 5.24. The lowest BCUT2D eigenvalue weighted by atomic mass is 10.8. The van der Waals surface area contributed by atoms with Crippen LogP contribution in [-0.2, 0) is 0 Å². The van der Waals surface area contributed by atoms with Crippen molar-refractivity contribution in [3.8, 4) is 0 Å². The van der Waals surface area contributed by atoms with Crippen LogP contribution in [0, 0.1) is 10.1 Å². The van der Waals surface area contributed by atoms with Gasteiger partial charge >= 0.3 is 5.82 Å². The molecule has 1 rings (SSSR count). The highest BCUT2D eigenvalue weighted by atomic mass is 16.6. The molecule has 0 spiro atoms. The molecule has 0 fully saturated rings. The van der Waals surface area contributed by atoms with Crippen molar-refractivity contribution in [1.29, 1.82) is 0 Å². The summed E-state index contributed by atoms with van der Waals surface area (Å²) in [6.07, 6.45) is 3.28. The van der Waals surface area contributed by atoms with Crippen LogP contribution in [0.25, 0.3) is 0 Å². The normalized spacial score (nSPS) is 10.5. The van der Waals surface area contributed by atoms with Crippen molar-refractivity contribution in [2.24, 2.45) is 5.16 Å². The van der Waals surface area contributed by atoms with Gasteiger partial charge < -0.3 is 15.3 Å². The first-order valence-corrected chi connectivity index (χ1v) is 2.59. The van der Waals surface area contributed by atoms with Crippen molar-refractivity contribution < 1.29 is 10.1 Å². The third-order valence-corrected chi connectivity index (χ3v) is 0.960. The van der Waals surface area contributed by atoms with E-state index in [1.165, 1.54) is 0 Å². The zero-order valence-electron chi connectivity index (χ0n) is 5.28. The lowest BCUT2D eigenvalue weighted by molar-refractivity contribution is -0.389. The Morgan fingerprint density at radius 2 is 2.64 bits per heavy atom. The average molecular weight is 156 g/mol. The summed E-state index contributed by atoms with van der Waals surface area (Å²) < 4.78 is 1.16. The Kier molecular flexibility index (Phi) is 1.81. The third-order valence-electron chi connectivity index (χ3n) is 0.960. The topological polar surface area (TPSA) is 93.5 Å².